The van der Waals surface area contributed by atoms with Crippen LogP contribution in [0.1, 0.15) is 35.7 Å². The molecule has 1 amide bonds. The molecule has 45 heavy (non-hydrogen) atoms. The highest BCUT2D eigenvalue weighted by Crippen LogP contribution is 2.55. The molecule has 232 valence electrons. The molecule has 0 radical (unpaired) electrons. The van der Waals surface area contributed by atoms with E-state index in [9.17, 15) is 18.3 Å². The van der Waals surface area contributed by atoms with Crippen LogP contribution in [0.2, 0.25) is 5.02 Å². The van der Waals surface area contributed by atoms with Gasteiger partial charge in [-0.25, -0.2) is 9.78 Å². The standard InChI is InChI=1S/C32H31ClN6O5S/c1-18-5-8-23(9-6-18)45(42,43)39-25-11-19(2)29(33)28(24(25)15-35-39)27-20(3)38(22-12-32(13-22)16-37(17-32)31(40)41)36-30(27)21-7-10-26(44-4)34-14-21/h5-11,14-15,22H,12-13,16-17H2,1-4H3,(H,40,41). The van der Waals surface area contributed by atoms with Gasteiger partial charge in [0.1, 0.15) is 5.69 Å². The molecule has 0 atom stereocenters. The molecule has 1 spiro atoms. The number of hydrogen-bond acceptors (Lipinski definition) is 7. The lowest BCUT2D eigenvalue weighted by Gasteiger charge is -2.58. The van der Waals surface area contributed by atoms with Crippen LogP contribution in [0, 0.1) is 26.2 Å². The Bertz CT molecular complexity index is 2090. The van der Waals surface area contributed by atoms with E-state index < -0.39 is 16.1 Å². The highest BCUT2D eigenvalue weighted by molar-refractivity contribution is 7.90. The van der Waals surface area contributed by atoms with Crippen molar-refractivity contribution >= 4 is 38.6 Å². The highest BCUT2D eigenvalue weighted by Gasteiger charge is 2.55. The van der Waals surface area contributed by atoms with Gasteiger partial charge in [0.15, 0.2) is 0 Å². The van der Waals surface area contributed by atoms with Crippen LogP contribution in [-0.4, -0.2) is 68.7 Å². The molecule has 11 nitrogen and oxygen atoms in total. The Morgan fingerprint density at radius 3 is 2.38 bits per heavy atom. The van der Waals surface area contributed by atoms with E-state index in [1.165, 1.54) is 4.90 Å². The fourth-order valence-electron chi connectivity index (χ4n) is 6.78. The maximum Gasteiger partial charge on any atom is 0.407 e. The third-order valence-corrected chi connectivity index (χ3v) is 11.2. The number of nitrogens with zero attached hydrogens (tertiary/aromatic N) is 6. The number of ether oxygens (including phenoxy) is 1. The average molecular weight is 647 g/mol. The van der Waals surface area contributed by atoms with Crippen LogP contribution < -0.4 is 4.74 Å². The zero-order valence-corrected chi connectivity index (χ0v) is 26.7. The number of fused-ring (bicyclic) bond motifs is 1. The van der Waals surface area contributed by atoms with Crippen LogP contribution in [0.3, 0.4) is 0 Å². The maximum absolute atomic E-state index is 13.8. The zero-order chi connectivity index (χ0) is 31.8. The van der Waals surface area contributed by atoms with Crippen molar-refractivity contribution in [1.82, 2.24) is 28.9 Å². The van der Waals surface area contributed by atoms with Gasteiger partial charge in [0, 0.05) is 58.5 Å². The minimum atomic E-state index is -4.00. The number of benzene rings is 2. The Kier molecular flexibility index (Phi) is 6.71. The van der Waals surface area contributed by atoms with Crippen LogP contribution >= 0.6 is 11.6 Å². The molecule has 1 saturated carbocycles. The zero-order valence-electron chi connectivity index (χ0n) is 25.2. The molecule has 5 aromatic rings. The predicted octanol–water partition coefficient (Wildman–Crippen LogP) is 6.10. The van der Waals surface area contributed by atoms with Gasteiger partial charge in [0.25, 0.3) is 10.0 Å². The first-order valence-electron chi connectivity index (χ1n) is 14.5. The second-order valence-electron chi connectivity index (χ2n) is 12.2. The van der Waals surface area contributed by atoms with Crippen molar-refractivity contribution < 1.29 is 23.1 Å². The van der Waals surface area contributed by atoms with Crippen molar-refractivity contribution in [2.24, 2.45) is 5.41 Å². The molecule has 1 N–H and O–H groups in total. The summed E-state index contributed by atoms with van der Waals surface area (Å²) in [6.07, 6.45) is 3.96. The summed E-state index contributed by atoms with van der Waals surface area (Å²) in [7, 11) is -2.45. The summed E-state index contributed by atoms with van der Waals surface area (Å²) >= 11 is 7.08. The smallest absolute Gasteiger partial charge is 0.407 e. The molecule has 2 aliphatic rings. The number of pyridine rings is 1. The van der Waals surface area contributed by atoms with E-state index >= 15 is 0 Å². The summed E-state index contributed by atoms with van der Waals surface area (Å²) in [6.45, 7) is 6.78. The lowest BCUT2D eigenvalue weighted by molar-refractivity contribution is -0.0775. The minimum absolute atomic E-state index is 0.0246. The van der Waals surface area contributed by atoms with Crippen molar-refractivity contribution in [3.63, 3.8) is 0 Å². The SMILES string of the molecule is COc1ccc(-c2nn(C3CC4(C3)CN(C(=O)O)C4)c(C)c2-c2c(Cl)c(C)cc3c2cnn3S(=O)(=O)c2ccc(C)cc2)cn1. The molecule has 1 aliphatic carbocycles. The van der Waals surface area contributed by atoms with E-state index in [-0.39, 0.29) is 16.4 Å². The molecule has 4 heterocycles. The molecule has 0 unspecified atom stereocenters. The van der Waals surface area contributed by atoms with Crippen LogP contribution in [-0.2, 0) is 10.0 Å². The molecular formula is C32H31ClN6O5S. The van der Waals surface area contributed by atoms with Crippen molar-refractivity contribution in [2.75, 3.05) is 20.2 Å². The predicted molar refractivity (Wildman–Crippen MR) is 169 cm³/mol. The second-order valence-corrected chi connectivity index (χ2v) is 14.3. The largest absolute Gasteiger partial charge is 0.481 e. The first-order valence-corrected chi connectivity index (χ1v) is 16.3. The molecule has 3 aromatic heterocycles. The highest BCUT2D eigenvalue weighted by atomic mass is 35.5. The number of carboxylic acid groups (broad SMARTS) is 1. The summed E-state index contributed by atoms with van der Waals surface area (Å²) in [6, 6.07) is 12.1. The molecule has 13 heteroatoms. The monoisotopic (exact) mass is 646 g/mol. The van der Waals surface area contributed by atoms with Gasteiger partial charge in [0.2, 0.25) is 5.88 Å². The Morgan fingerprint density at radius 1 is 1.04 bits per heavy atom. The Hall–Kier alpha value is -4.42. The van der Waals surface area contributed by atoms with Gasteiger partial charge in [-0.05, 0) is 63.4 Å². The van der Waals surface area contributed by atoms with E-state index in [2.05, 4.69) is 10.1 Å². The number of rotatable bonds is 6. The fraction of sp³-hybridized carbons (Fsp3) is 0.312. The lowest BCUT2D eigenvalue weighted by atomic mass is 9.61. The van der Waals surface area contributed by atoms with E-state index in [1.807, 2.05) is 31.5 Å². The third kappa shape index (κ3) is 4.57. The van der Waals surface area contributed by atoms with Crippen LogP contribution in [0.15, 0.2) is 59.8 Å². The Morgan fingerprint density at radius 2 is 1.76 bits per heavy atom. The fourth-order valence-corrected chi connectivity index (χ4v) is 8.30. The summed E-state index contributed by atoms with van der Waals surface area (Å²) in [5.74, 6) is 0.462. The van der Waals surface area contributed by atoms with Gasteiger partial charge in [-0.2, -0.15) is 22.7 Å². The van der Waals surface area contributed by atoms with Crippen LogP contribution in [0.4, 0.5) is 4.79 Å². The third-order valence-electron chi connectivity index (χ3n) is 9.13. The summed E-state index contributed by atoms with van der Waals surface area (Å²) < 4.78 is 35.9. The Labute approximate surface area is 265 Å². The van der Waals surface area contributed by atoms with Gasteiger partial charge in [-0.15, -0.1) is 0 Å². The van der Waals surface area contributed by atoms with Crippen LogP contribution in [0.5, 0.6) is 5.88 Å². The minimum Gasteiger partial charge on any atom is -0.481 e. The van der Waals surface area contributed by atoms with Crippen molar-refractivity contribution in [2.45, 2.75) is 44.6 Å². The quantitative estimate of drug-likeness (QED) is 0.234. The van der Waals surface area contributed by atoms with Crippen molar-refractivity contribution in [1.29, 1.82) is 0 Å². The van der Waals surface area contributed by atoms with E-state index in [0.717, 1.165) is 39.3 Å². The van der Waals surface area contributed by atoms with Crippen LogP contribution in [0.25, 0.3) is 33.3 Å². The van der Waals surface area contributed by atoms with E-state index in [4.69, 9.17) is 21.4 Å². The molecule has 1 aliphatic heterocycles. The number of aryl methyl sites for hydroxylation is 2. The lowest BCUT2D eigenvalue weighted by Crippen LogP contribution is -2.63. The number of aromatic nitrogens is 5. The Balaban J connectivity index is 1.39. The number of methoxy groups -OCH3 is 1. The topological polar surface area (TPSA) is 132 Å². The first-order chi connectivity index (χ1) is 21.4. The van der Waals surface area contributed by atoms with Crippen molar-refractivity contribution in [3.8, 4) is 28.3 Å². The molecule has 2 aromatic carbocycles. The second kappa shape index (κ2) is 10.3. The molecular weight excluding hydrogens is 616 g/mol. The first kappa shape index (κ1) is 29.3. The van der Waals surface area contributed by atoms with Gasteiger partial charge in [-0.1, -0.05) is 29.3 Å². The van der Waals surface area contributed by atoms with Gasteiger partial charge in [0.05, 0.1) is 34.8 Å². The summed E-state index contributed by atoms with van der Waals surface area (Å²) in [5, 5.41) is 19.9. The number of carbonyl (C=O) groups is 1. The molecule has 7 rings (SSSR count). The number of likely N-dealkylation sites (tertiary alicyclic amines) is 1. The number of halogens is 1. The van der Waals surface area contributed by atoms with Crippen molar-refractivity contribution in [3.05, 3.63) is 76.7 Å². The van der Waals surface area contributed by atoms with Gasteiger partial charge >= 0.3 is 6.09 Å². The van der Waals surface area contributed by atoms with Gasteiger partial charge < -0.3 is 14.7 Å². The summed E-state index contributed by atoms with van der Waals surface area (Å²) in [5.41, 5.74) is 5.67. The van der Waals surface area contributed by atoms with Gasteiger partial charge in [-0.3, -0.25) is 4.68 Å². The normalized spacial score (nSPS) is 16.2. The van der Waals surface area contributed by atoms with E-state index in [1.54, 1.807) is 55.9 Å². The maximum atomic E-state index is 13.8. The van der Waals surface area contributed by atoms with E-state index in [0.29, 0.717) is 51.7 Å². The number of hydrogen-bond donors (Lipinski definition) is 1. The molecule has 2 fully saturated rings. The molecule has 0 bridgehead atoms. The number of amides is 1. The average Bonchev–Trinajstić information content (AvgIpc) is 3.54. The summed E-state index contributed by atoms with van der Waals surface area (Å²) in [4.78, 5) is 17.4. The molecule has 1 saturated heterocycles.